The molecule has 0 aliphatic carbocycles. The minimum Gasteiger partial charge on any atom is -0.389 e. The van der Waals surface area contributed by atoms with Gasteiger partial charge in [0.25, 0.3) is 5.91 Å². The molecule has 25 heavy (non-hydrogen) atoms. The molecule has 1 aromatic rings. The van der Waals surface area contributed by atoms with Crippen molar-refractivity contribution in [3.63, 3.8) is 0 Å². The van der Waals surface area contributed by atoms with E-state index in [0.717, 1.165) is 11.3 Å². The molecule has 140 valence electrons. The lowest BCUT2D eigenvalue weighted by atomic mass is 9.70. The summed E-state index contributed by atoms with van der Waals surface area (Å²) in [5.41, 5.74) is 0.969. The average molecular weight is 351 g/mol. The lowest BCUT2D eigenvalue weighted by Gasteiger charge is -2.45. The molecule has 1 aromatic heterocycles. The van der Waals surface area contributed by atoms with Gasteiger partial charge in [0.05, 0.1) is 23.5 Å². The summed E-state index contributed by atoms with van der Waals surface area (Å²) in [5, 5.41) is 21.1. The minimum absolute atomic E-state index is 0.0611. The maximum Gasteiger partial charge on any atom is 0.272 e. The number of hydrogen-bond acceptors (Lipinski definition) is 5. The number of nitrogens with one attached hydrogen (secondary N) is 2. The molecular formula is C18H29N3O4. The van der Waals surface area contributed by atoms with Crippen molar-refractivity contribution in [3.8, 4) is 0 Å². The molecule has 0 radical (unpaired) electrons. The Morgan fingerprint density at radius 3 is 2.76 bits per heavy atom. The number of aromatic nitrogens is 2. The van der Waals surface area contributed by atoms with Crippen LogP contribution < -0.4 is 5.32 Å². The van der Waals surface area contributed by atoms with Crippen LogP contribution in [-0.4, -0.2) is 52.7 Å². The standard InChI is InChI=1S/C18H29N3O4/c1-11-9-13-14(12(2)25-11)20-21-15(13)16(22)19-10-17(3,4)18(23)5-7-24-8-6-18/h11-12,23H,5-10H2,1-4H3,(H,19,22)(H,20,21)/t11-,12+/m1/s1. The molecule has 1 amide bonds. The van der Waals surface area contributed by atoms with Crippen LogP contribution in [0.25, 0.3) is 0 Å². The van der Waals surface area contributed by atoms with E-state index < -0.39 is 11.0 Å². The van der Waals surface area contributed by atoms with Crippen LogP contribution in [0.4, 0.5) is 0 Å². The Hall–Kier alpha value is -1.44. The van der Waals surface area contributed by atoms with Crippen molar-refractivity contribution in [1.82, 2.24) is 15.5 Å². The summed E-state index contributed by atoms with van der Waals surface area (Å²) in [6.07, 6.45) is 1.81. The number of fused-ring (bicyclic) bond motifs is 1. The van der Waals surface area contributed by atoms with E-state index in [4.69, 9.17) is 9.47 Å². The second-order valence-corrected chi connectivity index (χ2v) is 7.97. The van der Waals surface area contributed by atoms with Crippen LogP contribution in [0.3, 0.4) is 0 Å². The predicted octanol–water partition coefficient (Wildman–Crippen LogP) is 1.73. The van der Waals surface area contributed by atoms with Crippen molar-refractivity contribution in [2.24, 2.45) is 5.41 Å². The van der Waals surface area contributed by atoms with Gasteiger partial charge in [-0.1, -0.05) is 13.8 Å². The molecule has 1 fully saturated rings. The van der Waals surface area contributed by atoms with E-state index >= 15 is 0 Å². The van der Waals surface area contributed by atoms with Crippen molar-refractivity contribution in [2.75, 3.05) is 19.8 Å². The van der Waals surface area contributed by atoms with Gasteiger partial charge in [-0.05, 0) is 13.8 Å². The smallest absolute Gasteiger partial charge is 0.272 e. The topological polar surface area (TPSA) is 96.5 Å². The molecule has 7 nitrogen and oxygen atoms in total. The lowest BCUT2D eigenvalue weighted by molar-refractivity contribution is -0.130. The fourth-order valence-corrected chi connectivity index (χ4v) is 3.80. The lowest BCUT2D eigenvalue weighted by Crippen LogP contribution is -2.53. The largest absolute Gasteiger partial charge is 0.389 e. The number of amides is 1. The van der Waals surface area contributed by atoms with E-state index in [2.05, 4.69) is 15.5 Å². The predicted molar refractivity (Wildman–Crippen MR) is 92.4 cm³/mol. The van der Waals surface area contributed by atoms with Gasteiger partial charge in [0.15, 0.2) is 5.69 Å². The number of nitrogens with zero attached hydrogens (tertiary/aromatic N) is 1. The fourth-order valence-electron chi connectivity index (χ4n) is 3.80. The number of ether oxygens (including phenoxy) is 2. The molecule has 2 atom stereocenters. The highest BCUT2D eigenvalue weighted by atomic mass is 16.5. The number of carbonyl (C=O) groups excluding carboxylic acids is 1. The summed E-state index contributed by atoms with van der Waals surface area (Å²) in [5.74, 6) is -0.206. The van der Waals surface area contributed by atoms with E-state index in [1.165, 1.54) is 0 Å². The highest BCUT2D eigenvalue weighted by molar-refractivity contribution is 5.94. The Morgan fingerprint density at radius 2 is 2.08 bits per heavy atom. The van der Waals surface area contributed by atoms with Crippen LogP contribution in [0.5, 0.6) is 0 Å². The third-order valence-corrected chi connectivity index (χ3v) is 5.72. The third kappa shape index (κ3) is 3.45. The van der Waals surface area contributed by atoms with Gasteiger partial charge >= 0.3 is 0 Å². The van der Waals surface area contributed by atoms with Crippen LogP contribution >= 0.6 is 0 Å². The van der Waals surface area contributed by atoms with Crippen LogP contribution in [0.2, 0.25) is 0 Å². The summed E-state index contributed by atoms with van der Waals surface area (Å²) < 4.78 is 11.1. The first-order chi connectivity index (χ1) is 11.7. The molecule has 1 saturated heterocycles. The third-order valence-electron chi connectivity index (χ3n) is 5.72. The van der Waals surface area contributed by atoms with Gasteiger partial charge in [0, 0.05) is 50.0 Å². The molecule has 3 heterocycles. The Labute approximate surface area is 148 Å². The van der Waals surface area contributed by atoms with Gasteiger partial charge in [-0.15, -0.1) is 0 Å². The summed E-state index contributed by atoms with van der Waals surface area (Å²) in [6.45, 7) is 9.40. The first-order valence-corrected chi connectivity index (χ1v) is 9.04. The molecule has 0 spiro atoms. The summed E-state index contributed by atoms with van der Waals surface area (Å²) in [4.78, 5) is 12.7. The average Bonchev–Trinajstić information content (AvgIpc) is 2.97. The Bertz CT molecular complexity index is 634. The van der Waals surface area contributed by atoms with Crippen LogP contribution in [-0.2, 0) is 15.9 Å². The molecule has 2 aliphatic rings. The van der Waals surface area contributed by atoms with Crippen LogP contribution in [0.15, 0.2) is 0 Å². The number of aromatic amines is 1. The Balaban J connectivity index is 1.69. The quantitative estimate of drug-likeness (QED) is 0.768. The van der Waals surface area contributed by atoms with Crippen molar-refractivity contribution in [3.05, 3.63) is 17.0 Å². The van der Waals surface area contributed by atoms with Crippen molar-refractivity contribution >= 4 is 5.91 Å². The summed E-state index contributed by atoms with van der Waals surface area (Å²) in [7, 11) is 0. The van der Waals surface area contributed by atoms with E-state index in [1.807, 2.05) is 27.7 Å². The van der Waals surface area contributed by atoms with Crippen molar-refractivity contribution in [1.29, 1.82) is 0 Å². The number of H-pyrrole nitrogens is 1. The zero-order valence-corrected chi connectivity index (χ0v) is 15.5. The van der Waals surface area contributed by atoms with Gasteiger partial charge in [-0.25, -0.2) is 0 Å². The molecule has 7 heteroatoms. The van der Waals surface area contributed by atoms with E-state index in [9.17, 15) is 9.90 Å². The maximum absolute atomic E-state index is 12.7. The first kappa shape index (κ1) is 18.4. The molecule has 0 aromatic carbocycles. The van der Waals surface area contributed by atoms with Crippen LogP contribution in [0.1, 0.15) is 68.4 Å². The normalized spacial score (nSPS) is 26.1. The Kier molecular flexibility index (Phi) is 4.92. The molecular weight excluding hydrogens is 322 g/mol. The Morgan fingerprint density at radius 1 is 1.40 bits per heavy atom. The number of carbonyl (C=O) groups is 1. The second kappa shape index (κ2) is 6.70. The molecule has 2 aliphatic heterocycles. The first-order valence-electron chi connectivity index (χ1n) is 9.04. The van der Waals surface area contributed by atoms with Gasteiger partial charge in [0.1, 0.15) is 0 Å². The molecule has 0 saturated carbocycles. The zero-order valence-electron chi connectivity index (χ0n) is 15.5. The molecule has 3 rings (SSSR count). The van der Waals surface area contributed by atoms with Gasteiger partial charge in [-0.2, -0.15) is 5.10 Å². The van der Waals surface area contributed by atoms with Gasteiger partial charge < -0.3 is 19.9 Å². The molecule has 0 bridgehead atoms. The highest BCUT2D eigenvalue weighted by Gasteiger charge is 2.44. The number of aliphatic hydroxyl groups is 1. The summed E-state index contributed by atoms with van der Waals surface area (Å²) in [6, 6.07) is 0. The second-order valence-electron chi connectivity index (χ2n) is 7.97. The zero-order chi connectivity index (χ0) is 18.2. The minimum atomic E-state index is -0.833. The maximum atomic E-state index is 12.7. The fraction of sp³-hybridized carbons (Fsp3) is 0.778. The summed E-state index contributed by atoms with van der Waals surface area (Å²) >= 11 is 0. The van der Waals surface area contributed by atoms with Gasteiger partial charge in [-0.3, -0.25) is 9.89 Å². The van der Waals surface area contributed by atoms with Gasteiger partial charge in [0.2, 0.25) is 0 Å². The highest BCUT2D eigenvalue weighted by Crippen LogP contribution is 2.38. The van der Waals surface area contributed by atoms with E-state index in [0.29, 0.717) is 44.7 Å². The number of rotatable bonds is 4. The van der Waals surface area contributed by atoms with Crippen molar-refractivity contribution in [2.45, 2.75) is 64.8 Å². The number of hydrogen-bond donors (Lipinski definition) is 3. The molecule has 0 unspecified atom stereocenters. The van der Waals surface area contributed by atoms with Crippen molar-refractivity contribution < 1.29 is 19.4 Å². The van der Waals surface area contributed by atoms with E-state index in [1.54, 1.807) is 0 Å². The van der Waals surface area contributed by atoms with E-state index in [-0.39, 0.29) is 18.1 Å². The SMILES string of the molecule is C[C@@H]1Cc2c(C(=O)NCC(C)(C)C3(O)CCOCC3)n[nH]c2[C@H](C)O1. The monoisotopic (exact) mass is 351 g/mol. The molecule has 3 N–H and O–H groups in total. The van der Waals surface area contributed by atoms with Crippen LogP contribution in [0, 0.1) is 5.41 Å².